The predicted molar refractivity (Wildman–Crippen MR) is 146 cm³/mol. The summed E-state index contributed by atoms with van der Waals surface area (Å²) in [6, 6.07) is 10.2. The van der Waals surface area contributed by atoms with Crippen LogP contribution >= 0.6 is 22.9 Å². The zero-order valence-corrected chi connectivity index (χ0v) is 21.9. The number of amides is 1. The van der Waals surface area contributed by atoms with Crippen molar-refractivity contribution < 1.29 is 4.79 Å². The molecule has 0 bridgehead atoms. The summed E-state index contributed by atoms with van der Waals surface area (Å²) < 4.78 is 0. The summed E-state index contributed by atoms with van der Waals surface area (Å²) in [5.41, 5.74) is 9.37. The number of hydrogen-bond donors (Lipinski definition) is 3. The van der Waals surface area contributed by atoms with Crippen LogP contribution in [0.5, 0.6) is 0 Å². The van der Waals surface area contributed by atoms with E-state index in [-0.39, 0.29) is 11.9 Å². The van der Waals surface area contributed by atoms with Crippen LogP contribution in [0.3, 0.4) is 0 Å². The quantitative estimate of drug-likeness (QED) is 0.385. The van der Waals surface area contributed by atoms with E-state index in [0.717, 1.165) is 52.6 Å². The fourth-order valence-corrected chi connectivity index (χ4v) is 5.58. The Kier molecular flexibility index (Phi) is 8.37. The molecule has 0 spiro atoms. The highest BCUT2D eigenvalue weighted by Crippen LogP contribution is 2.42. The highest BCUT2D eigenvalue weighted by Gasteiger charge is 2.30. The van der Waals surface area contributed by atoms with Crippen LogP contribution in [0.25, 0.3) is 16.3 Å². The third-order valence-corrected chi connectivity index (χ3v) is 7.46. The minimum absolute atomic E-state index is 0.0114. The maximum atomic E-state index is 11.5. The number of piperazine rings is 1. The Morgan fingerprint density at radius 1 is 1.28 bits per heavy atom. The van der Waals surface area contributed by atoms with Gasteiger partial charge in [-0.05, 0) is 60.3 Å². The van der Waals surface area contributed by atoms with Gasteiger partial charge < -0.3 is 20.9 Å². The number of benzene rings is 1. The molecule has 188 valence electrons. The Hall–Kier alpha value is -3.24. The van der Waals surface area contributed by atoms with E-state index in [1.807, 2.05) is 18.2 Å². The fourth-order valence-electron chi connectivity index (χ4n) is 4.32. The van der Waals surface area contributed by atoms with E-state index in [1.165, 1.54) is 13.1 Å². The van der Waals surface area contributed by atoms with Crippen molar-refractivity contribution in [2.45, 2.75) is 13.0 Å². The molecule has 4 N–H and O–H groups in total. The van der Waals surface area contributed by atoms with Crippen LogP contribution < -0.4 is 11.1 Å². The van der Waals surface area contributed by atoms with Crippen LogP contribution in [-0.2, 0) is 4.79 Å². The first kappa shape index (κ1) is 25.8. The fraction of sp³-hybridized carbons (Fsp3) is 0.269. The molecule has 3 aromatic rings. The summed E-state index contributed by atoms with van der Waals surface area (Å²) in [7, 11) is 2.15. The van der Waals surface area contributed by atoms with Gasteiger partial charge in [-0.2, -0.15) is 0 Å². The third kappa shape index (κ3) is 6.11. The molecule has 1 aliphatic heterocycles. The number of carbonyl (C=O) groups excluding carboxylic acids is 1. The Balaban J connectivity index is 1.86. The predicted octanol–water partition coefficient (Wildman–Crippen LogP) is 4.03. The monoisotopic (exact) mass is 523 g/mol. The number of H-pyrrole nitrogens is 1. The highest BCUT2D eigenvalue weighted by molar-refractivity contribution is 7.16. The number of rotatable bonds is 8. The lowest BCUT2D eigenvalue weighted by Gasteiger charge is -2.38. The molecule has 10 heteroatoms. The van der Waals surface area contributed by atoms with Crippen molar-refractivity contribution in [3.8, 4) is 10.7 Å². The van der Waals surface area contributed by atoms with Gasteiger partial charge in [0.05, 0.1) is 10.9 Å². The smallest absolute Gasteiger partial charge is 0.221 e. The number of allylic oxidation sites excluding steroid dienone is 3. The number of nitrogens with zero attached hydrogens (tertiary/aromatic N) is 4. The van der Waals surface area contributed by atoms with Crippen LogP contribution in [0.15, 0.2) is 67.3 Å². The summed E-state index contributed by atoms with van der Waals surface area (Å²) in [6.45, 7) is 9.23. The average Bonchev–Trinajstić information content (AvgIpc) is 3.51. The zero-order valence-electron chi connectivity index (χ0n) is 20.4. The van der Waals surface area contributed by atoms with Gasteiger partial charge in [0.2, 0.25) is 5.91 Å². The van der Waals surface area contributed by atoms with E-state index >= 15 is 0 Å². The van der Waals surface area contributed by atoms with Gasteiger partial charge in [0.15, 0.2) is 5.82 Å². The van der Waals surface area contributed by atoms with Crippen molar-refractivity contribution in [2.75, 3.05) is 33.2 Å². The summed E-state index contributed by atoms with van der Waals surface area (Å²) >= 11 is 7.83. The molecule has 4 rings (SSSR count). The lowest BCUT2D eigenvalue weighted by molar-refractivity contribution is -0.118. The van der Waals surface area contributed by atoms with Crippen molar-refractivity contribution in [2.24, 2.45) is 5.73 Å². The van der Waals surface area contributed by atoms with E-state index in [0.29, 0.717) is 16.5 Å². The zero-order chi connectivity index (χ0) is 25.7. The van der Waals surface area contributed by atoms with E-state index in [2.05, 4.69) is 62.1 Å². The number of aromatic nitrogens is 3. The van der Waals surface area contributed by atoms with Crippen LogP contribution in [0.1, 0.15) is 29.0 Å². The second-order valence-corrected chi connectivity index (χ2v) is 10.2. The molecule has 1 fully saturated rings. The highest BCUT2D eigenvalue weighted by atomic mass is 35.5. The van der Waals surface area contributed by atoms with Crippen molar-refractivity contribution in [3.63, 3.8) is 0 Å². The summed E-state index contributed by atoms with van der Waals surface area (Å²) in [6.07, 6.45) is 6.69. The van der Waals surface area contributed by atoms with Crippen LogP contribution in [0, 0.1) is 0 Å². The summed E-state index contributed by atoms with van der Waals surface area (Å²) in [5, 5.41) is 11.8. The van der Waals surface area contributed by atoms with Gasteiger partial charge in [0.1, 0.15) is 6.33 Å². The molecule has 0 saturated carbocycles. The number of halogens is 1. The SMILES string of the molecule is C=C(/C=C(\C=C/N)c1cc(C(c2ccc(Cl)cc2)N2CCN(C)CC2)c(-c2nnc[nH]2)s1)NC(C)=O. The van der Waals surface area contributed by atoms with Crippen LogP contribution in [0.4, 0.5) is 0 Å². The minimum atomic E-state index is -0.181. The molecular weight excluding hydrogens is 494 g/mol. The van der Waals surface area contributed by atoms with Crippen molar-refractivity contribution >= 4 is 34.4 Å². The largest absolute Gasteiger partial charge is 0.405 e. The number of likely N-dealkylation sites (N-methyl/N-ethyl adjacent to an activating group) is 1. The lowest BCUT2D eigenvalue weighted by atomic mass is 9.95. The van der Waals surface area contributed by atoms with E-state index < -0.39 is 0 Å². The van der Waals surface area contributed by atoms with Crippen molar-refractivity contribution in [1.29, 1.82) is 0 Å². The maximum absolute atomic E-state index is 11.5. The van der Waals surface area contributed by atoms with Crippen molar-refractivity contribution in [3.05, 3.63) is 88.3 Å². The first-order chi connectivity index (χ1) is 17.4. The average molecular weight is 524 g/mol. The van der Waals surface area contributed by atoms with E-state index in [4.69, 9.17) is 17.3 Å². The first-order valence-corrected chi connectivity index (χ1v) is 12.8. The molecule has 0 radical (unpaired) electrons. The van der Waals surface area contributed by atoms with Gasteiger partial charge in [-0.3, -0.25) is 9.69 Å². The van der Waals surface area contributed by atoms with Crippen molar-refractivity contribution in [1.82, 2.24) is 30.3 Å². The molecular formula is C26H30ClN7OS. The van der Waals surface area contributed by atoms with Gasteiger partial charge >= 0.3 is 0 Å². The lowest BCUT2D eigenvalue weighted by Crippen LogP contribution is -2.46. The van der Waals surface area contributed by atoms with Gasteiger partial charge in [-0.1, -0.05) is 30.3 Å². The molecule has 0 aliphatic carbocycles. The summed E-state index contributed by atoms with van der Waals surface area (Å²) in [5.74, 6) is 0.519. The summed E-state index contributed by atoms with van der Waals surface area (Å²) in [4.78, 5) is 21.5. The Labute approximate surface area is 220 Å². The van der Waals surface area contributed by atoms with Gasteiger partial charge in [0.25, 0.3) is 0 Å². The molecule has 8 nitrogen and oxygen atoms in total. The molecule has 1 atom stereocenters. The number of nitrogens with two attached hydrogens (primary N) is 1. The normalized spacial score (nSPS) is 16.4. The molecule has 1 aromatic carbocycles. The molecule has 1 unspecified atom stereocenters. The molecule has 1 aliphatic rings. The van der Waals surface area contributed by atoms with E-state index in [1.54, 1.807) is 23.7 Å². The first-order valence-electron chi connectivity index (χ1n) is 11.6. The Morgan fingerprint density at radius 3 is 2.61 bits per heavy atom. The second kappa shape index (κ2) is 11.7. The molecule has 1 amide bonds. The second-order valence-electron chi connectivity index (χ2n) is 8.69. The molecule has 3 heterocycles. The standard InChI is InChI=1S/C26H30ClN7OS/c1-17(31-18(2)35)14-20(8-9-28)23-15-22(25(36-23)26-29-16-30-32-26)24(19-4-6-21(27)7-5-19)34-12-10-33(3)11-13-34/h4-9,14-16,24H,1,10-13,28H2,2-3H3,(H,31,35)(H,29,30,32)/b9-8-,20-14+. The molecule has 36 heavy (non-hydrogen) atoms. The number of aromatic amines is 1. The van der Waals surface area contributed by atoms with Gasteiger partial charge in [-0.15, -0.1) is 21.5 Å². The maximum Gasteiger partial charge on any atom is 0.221 e. The van der Waals surface area contributed by atoms with Crippen LogP contribution in [-0.4, -0.2) is 64.1 Å². The molecule has 1 saturated heterocycles. The number of carbonyl (C=O) groups is 1. The topological polar surface area (TPSA) is 103 Å². The number of hydrogen-bond acceptors (Lipinski definition) is 7. The Bertz CT molecular complexity index is 1260. The van der Waals surface area contributed by atoms with Crippen LogP contribution in [0.2, 0.25) is 5.02 Å². The number of thiophene rings is 1. The third-order valence-electron chi connectivity index (χ3n) is 6.00. The Morgan fingerprint density at radius 2 is 2.00 bits per heavy atom. The van der Waals surface area contributed by atoms with E-state index in [9.17, 15) is 4.79 Å². The number of nitrogens with one attached hydrogen (secondary N) is 2. The van der Waals surface area contributed by atoms with Gasteiger partial charge in [0, 0.05) is 48.7 Å². The molecule has 2 aromatic heterocycles. The van der Waals surface area contributed by atoms with Gasteiger partial charge in [-0.25, -0.2) is 0 Å². The minimum Gasteiger partial charge on any atom is -0.405 e.